The summed E-state index contributed by atoms with van der Waals surface area (Å²) in [5.41, 5.74) is 2.76. The van der Waals surface area contributed by atoms with Crippen LogP contribution in [-0.4, -0.2) is 17.0 Å². The molecule has 0 aromatic heterocycles. The second-order valence-electron chi connectivity index (χ2n) is 4.06. The van der Waals surface area contributed by atoms with Crippen molar-refractivity contribution in [1.82, 2.24) is 0 Å². The van der Waals surface area contributed by atoms with Crippen LogP contribution in [0.5, 0.6) is 0 Å². The molecule has 1 N–H and O–H groups in total. The maximum absolute atomic E-state index is 7.50. The van der Waals surface area contributed by atoms with Gasteiger partial charge in [-0.05, 0) is 52.4 Å². The Hall–Kier alpha value is -0.450. The SMILES string of the molecule is Cc1ccccc1N1CCC(I=N)CC1. The fraction of sp³-hybridized carbons (Fsp3) is 0.500. The van der Waals surface area contributed by atoms with E-state index in [0.29, 0.717) is 0 Å². The molecule has 0 atom stereocenters. The molecule has 2 nitrogen and oxygen atoms in total. The largest absolute Gasteiger partial charge is 0.371 e. The Bertz CT molecular complexity index is 343. The van der Waals surface area contributed by atoms with Crippen LogP contribution in [0.4, 0.5) is 5.69 Å². The van der Waals surface area contributed by atoms with E-state index in [0.717, 1.165) is 17.0 Å². The second-order valence-corrected chi connectivity index (χ2v) is 6.44. The minimum atomic E-state index is -0.288. The first-order valence-electron chi connectivity index (χ1n) is 5.41. The molecule has 1 fully saturated rings. The zero-order chi connectivity index (χ0) is 10.7. The number of piperidine rings is 1. The monoisotopic (exact) mass is 316 g/mol. The maximum atomic E-state index is 7.50. The highest BCUT2D eigenvalue weighted by Gasteiger charge is 2.18. The lowest BCUT2D eigenvalue weighted by atomic mass is 10.1. The smallest absolute Gasteiger partial charge is 0.0395 e. The molecule has 3 heteroatoms. The Labute approximate surface area is 102 Å². The lowest BCUT2D eigenvalue weighted by Gasteiger charge is -2.32. The number of para-hydroxylation sites is 1. The third-order valence-electron chi connectivity index (χ3n) is 3.03. The van der Waals surface area contributed by atoms with Gasteiger partial charge in [0.1, 0.15) is 0 Å². The highest BCUT2D eigenvalue weighted by Crippen LogP contribution is 2.27. The first-order chi connectivity index (χ1) is 7.31. The topological polar surface area (TPSA) is 27.1 Å². The van der Waals surface area contributed by atoms with E-state index in [2.05, 4.69) is 36.1 Å². The van der Waals surface area contributed by atoms with Crippen LogP contribution >= 0.6 is 21.0 Å². The zero-order valence-corrected chi connectivity index (χ0v) is 11.2. The van der Waals surface area contributed by atoms with E-state index in [1.54, 1.807) is 0 Å². The molecule has 82 valence electrons. The molecule has 15 heavy (non-hydrogen) atoms. The fourth-order valence-electron chi connectivity index (χ4n) is 2.12. The Morgan fingerprint density at radius 3 is 2.53 bits per heavy atom. The van der Waals surface area contributed by atoms with Gasteiger partial charge in [-0.25, -0.2) is 0 Å². The van der Waals surface area contributed by atoms with Gasteiger partial charge in [0.2, 0.25) is 0 Å². The molecule has 0 saturated carbocycles. The van der Waals surface area contributed by atoms with Crippen LogP contribution in [0, 0.1) is 10.5 Å². The van der Waals surface area contributed by atoms with Crippen molar-refractivity contribution < 1.29 is 0 Å². The van der Waals surface area contributed by atoms with Crippen LogP contribution in [0.3, 0.4) is 0 Å². The lowest BCUT2D eigenvalue weighted by Crippen LogP contribution is -2.34. The predicted molar refractivity (Wildman–Crippen MR) is 73.2 cm³/mol. The van der Waals surface area contributed by atoms with Crippen molar-refractivity contribution in [2.24, 2.45) is 0 Å². The van der Waals surface area contributed by atoms with Crippen LogP contribution < -0.4 is 4.90 Å². The van der Waals surface area contributed by atoms with E-state index in [4.69, 9.17) is 3.56 Å². The van der Waals surface area contributed by atoms with Gasteiger partial charge < -0.3 is 4.90 Å². The van der Waals surface area contributed by atoms with Gasteiger partial charge in [0.05, 0.1) is 0 Å². The molecule has 0 radical (unpaired) electrons. The number of rotatable bonds is 2. The summed E-state index contributed by atoms with van der Waals surface area (Å²) >= 11 is -0.288. The first kappa shape index (κ1) is 11.0. The molecule has 1 aromatic carbocycles. The average Bonchev–Trinajstić information content (AvgIpc) is 2.30. The van der Waals surface area contributed by atoms with E-state index in [1.807, 2.05) is 0 Å². The molecule has 1 aliphatic rings. The molecule has 2 rings (SSSR count). The highest BCUT2D eigenvalue weighted by molar-refractivity contribution is 14.1. The van der Waals surface area contributed by atoms with Crippen LogP contribution in [0.2, 0.25) is 0 Å². The Morgan fingerprint density at radius 1 is 1.27 bits per heavy atom. The van der Waals surface area contributed by atoms with Crippen molar-refractivity contribution in [2.75, 3.05) is 18.0 Å². The predicted octanol–water partition coefficient (Wildman–Crippen LogP) is 3.70. The first-order valence-corrected chi connectivity index (χ1v) is 7.73. The van der Waals surface area contributed by atoms with Gasteiger partial charge in [-0.1, -0.05) is 18.2 Å². The molecule has 0 spiro atoms. The summed E-state index contributed by atoms with van der Waals surface area (Å²) in [5.74, 6) is 0. The normalized spacial score (nSPS) is 18.1. The Kier molecular flexibility index (Phi) is 3.72. The van der Waals surface area contributed by atoms with Gasteiger partial charge in [0.25, 0.3) is 0 Å². The van der Waals surface area contributed by atoms with Crippen LogP contribution in [0.15, 0.2) is 24.3 Å². The van der Waals surface area contributed by atoms with Crippen molar-refractivity contribution in [2.45, 2.75) is 23.7 Å². The number of nitrogens with zero attached hydrogens (tertiary/aromatic N) is 1. The Balaban J connectivity index is 2.07. The maximum Gasteiger partial charge on any atom is 0.0395 e. The number of benzene rings is 1. The van der Waals surface area contributed by atoms with Gasteiger partial charge in [-0.3, -0.25) is 3.56 Å². The van der Waals surface area contributed by atoms with Crippen molar-refractivity contribution in [3.05, 3.63) is 29.8 Å². The van der Waals surface area contributed by atoms with Crippen LogP contribution in [-0.2, 0) is 0 Å². The summed E-state index contributed by atoms with van der Waals surface area (Å²) < 4.78 is 8.24. The number of anilines is 1. The van der Waals surface area contributed by atoms with E-state index < -0.39 is 0 Å². The van der Waals surface area contributed by atoms with E-state index in [9.17, 15) is 0 Å². The van der Waals surface area contributed by atoms with Gasteiger partial charge >= 0.3 is 0 Å². The third-order valence-corrected chi connectivity index (χ3v) is 5.16. The number of aryl methyl sites for hydroxylation is 1. The third kappa shape index (κ3) is 2.56. The number of nitrogens with one attached hydrogen (secondary N) is 1. The minimum absolute atomic E-state index is 0.288. The number of halogens is 1. The number of hydrogen-bond acceptors (Lipinski definition) is 2. The van der Waals surface area contributed by atoms with E-state index in [-0.39, 0.29) is 21.0 Å². The van der Waals surface area contributed by atoms with Crippen molar-refractivity contribution >= 4 is 26.7 Å². The average molecular weight is 316 g/mol. The van der Waals surface area contributed by atoms with Gasteiger partial charge in [0.15, 0.2) is 0 Å². The highest BCUT2D eigenvalue weighted by atomic mass is 127. The summed E-state index contributed by atoms with van der Waals surface area (Å²) in [4.78, 5) is 2.48. The van der Waals surface area contributed by atoms with Crippen LogP contribution in [0.25, 0.3) is 0 Å². The van der Waals surface area contributed by atoms with Crippen molar-refractivity contribution in [1.29, 1.82) is 3.56 Å². The zero-order valence-electron chi connectivity index (χ0n) is 9.04. The quantitative estimate of drug-likeness (QED) is 0.654. The molecule has 0 bridgehead atoms. The second kappa shape index (κ2) is 5.05. The molecule has 1 aliphatic heterocycles. The standard InChI is InChI=1S/C12H17IN2/c1-10-4-2-3-5-12(10)15-8-6-11(13-14)7-9-15/h2-5,11,14H,6-9H2,1H3. The molecular weight excluding hydrogens is 299 g/mol. The van der Waals surface area contributed by atoms with Crippen LogP contribution in [0.1, 0.15) is 18.4 Å². The van der Waals surface area contributed by atoms with Gasteiger partial charge in [0, 0.05) is 22.7 Å². The van der Waals surface area contributed by atoms with Crippen molar-refractivity contribution in [3.8, 4) is 0 Å². The summed E-state index contributed by atoms with van der Waals surface area (Å²) in [6.45, 7) is 4.47. The summed E-state index contributed by atoms with van der Waals surface area (Å²) in [6, 6.07) is 8.61. The summed E-state index contributed by atoms with van der Waals surface area (Å²) in [6.07, 6.45) is 2.45. The molecule has 1 aromatic rings. The molecular formula is C12H17IN2. The number of hydrogen-bond donors (Lipinski definition) is 1. The molecule has 1 heterocycles. The molecule has 0 aliphatic carbocycles. The van der Waals surface area contributed by atoms with Gasteiger partial charge in [-0.2, -0.15) is 0 Å². The number of alkyl halides is 1. The molecule has 1 saturated heterocycles. The van der Waals surface area contributed by atoms with Crippen molar-refractivity contribution in [3.63, 3.8) is 0 Å². The van der Waals surface area contributed by atoms with Gasteiger partial charge in [-0.15, -0.1) is 0 Å². The van der Waals surface area contributed by atoms with E-state index >= 15 is 0 Å². The lowest BCUT2D eigenvalue weighted by molar-refractivity contribution is 0.604. The summed E-state index contributed by atoms with van der Waals surface area (Å²) in [5, 5.41) is 0. The Morgan fingerprint density at radius 2 is 1.93 bits per heavy atom. The molecule has 0 unspecified atom stereocenters. The summed E-state index contributed by atoms with van der Waals surface area (Å²) in [7, 11) is 0. The minimum Gasteiger partial charge on any atom is -0.371 e. The van der Waals surface area contributed by atoms with E-state index in [1.165, 1.54) is 24.1 Å². The fourth-order valence-corrected chi connectivity index (χ4v) is 3.30. The molecule has 0 amide bonds.